The van der Waals surface area contributed by atoms with Crippen LogP contribution in [0.3, 0.4) is 0 Å². The van der Waals surface area contributed by atoms with Crippen LogP contribution in [0.2, 0.25) is 0 Å². The smallest absolute Gasteiger partial charge is 0.242 e. The van der Waals surface area contributed by atoms with Gasteiger partial charge in [0.1, 0.15) is 18.4 Å². The third kappa shape index (κ3) is 3.95. The van der Waals surface area contributed by atoms with Gasteiger partial charge in [-0.05, 0) is 39.2 Å². The van der Waals surface area contributed by atoms with Crippen LogP contribution in [0, 0.1) is 12.8 Å². The molecule has 0 bridgehead atoms. The molecule has 0 aliphatic carbocycles. The number of nitrogens with zero attached hydrogens (tertiary/aromatic N) is 5. The molecule has 0 saturated carbocycles. The Hall–Kier alpha value is -2.22. The van der Waals surface area contributed by atoms with Crippen LogP contribution in [0.1, 0.15) is 25.5 Å². The SMILES string of the molecule is Cc1cc(NC(=O)C(C)N2CCCC(Cn3cncn3)C2)no1. The molecule has 23 heavy (non-hydrogen) atoms. The van der Waals surface area contributed by atoms with Gasteiger partial charge in [0.15, 0.2) is 5.82 Å². The molecule has 2 aromatic rings. The van der Waals surface area contributed by atoms with Gasteiger partial charge in [0.25, 0.3) is 0 Å². The Morgan fingerprint density at radius 2 is 2.43 bits per heavy atom. The van der Waals surface area contributed by atoms with E-state index >= 15 is 0 Å². The van der Waals surface area contributed by atoms with Crippen LogP contribution in [0.4, 0.5) is 5.82 Å². The number of hydrogen-bond acceptors (Lipinski definition) is 6. The van der Waals surface area contributed by atoms with E-state index in [0.717, 1.165) is 32.5 Å². The van der Waals surface area contributed by atoms with E-state index in [1.165, 1.54) is 0 Å². The maximum absolute atomic E-state index is 12.4. The van der Waals surface area contributed by atoms with Crippen LogP contribution in [-0.4, -0.2) is 49.9 Å². The van der Waals surface area contributed by atoms with Gasteiger partial charge in [-0.3, -0.25) is 14.4 Å². The fourth-order valence-electron chi connectivity index (χ4n) is 3.01. The van der Waals surface area contributed by atoms with Crippen molar-refractivity contribution in [3.8, 4) is 0 Å². The number of amides is 1. The molecule has 1 amide bonds. The zero-order valence-corrected chi connectivity index (χ0v) is 13.5. The first-order valence-corrected chi connectivity index (χ1v) is 7.92. The number of aryl methyl sites for hydroxylation is 1. The minimum atomic E-state index is -0.203. The molecule has 0 spiro atoms. The summed E-state index contributed by atoms with van der Waals surface area (Å²) in [7, 11) is 0. The molecule has 1 fully saturated rings. The van der Waals surface area contributed by atoms with Crippen LogP contribution in [-0.2, 0) is 11.3 Å². The lowest BCUT2D eigenvalue weighted by molar-refractivity contribution is -0.121. The highest BCUT2D eigenvalue weighted by molar-refractivity contribution is 5.93. The van der Waals surface area contributed by atoms with Gasteiger partial charge >= 0.3 is 0 Å². The van der Waals surface area contributed by atoms with Gasteiger partial charge in [-0.25, -0.2) is 4.98 Å². The summed E-state index contributed by atoms with van der Waals surface area (Å²) in [4.78, 5) is 18.6. The van der Waals surface area contributed by atoms with Crippen molar-refractivity contribution in [2.75, 3.05) is 18.4 Å². The summed E-state index contributed by atoms with van der Waals surface area (Å²) in [5.41, 5.74) is 0. The molecule has 2 aromatic heterocycles. The number of aromatic nitrogens is 4. The van der Waals surface area contributed by atoms with Crippen molar-refractivity contribution < 1.29 is 9.32 Å². The fraction of sp³-hybridized carbons (Fsp3) is 0.600. The lowest BCUT2D eigenvalue weighted by atomic mass is 9.96. The van der Waals surface area contributed by atoms with Crippen LogP contribution in [0.5, 0.6) is 0 Å². The average molecular weight is 318 g/mol. The van der Waals surface area contributed by atoms with E-state index in [0.29, 0.717) is 17.5 Å². The van der Waals surface area contributed by atoms with E-state index in [9.17, 15) is 4.79 Å². The Balaban J connectivity index is 1.55. The van der Waals surface area contributed by atoms with Crippen molar-refractivity contribution in [3.05, 3.63) is 24.5 Å². The first kappa shape index (κ1) is 15.7. The molecule has 0 radical (unpaired) electrons. The second-order valence-corrected chi connectivity index (χ2v) is 6.11. The first-order chi connectivity index (χ1) is 11.1. The molecule has 0 aromatic carbocycles. The Morgan fingerprint density at radius 1 is 1.57 bits per heavy atom. The number of rotatable bonds is 5. The Morgan fingerprint density at radius 3 is 3.13 bits per heavy atom. The molecule has 1 N–H and O–H groups in total. The van der Waals surface area contributed by atoms with Crippen molar-refractivity contribution >= 4 is 11.7 Å². The van der Waals surface area contributed by atoms with Crippen LogP contribution in [0.15, 0.2) is 23.2 Å². The highest BCUT2D eigenvalue weighted by atomic mass is 16.5. The molecule has 1 aliphatic heterocycles. The number of likely N-dealkylation sites (tertiary alicyclic amines) is 1. The molecule has 1 aliphatic rings. The molecular weight excluding hydrogens is 296 g/mol. The minimum absolute atomic E-state index is 0.0558. The van der Waals surface area contributed by atoms with Gasteiger partial charge in [0.2, 0.25) is 5.91 Å². The van der Waals surface area contributed by atoms with Crippen molar-refractivity contribution in [2.45, 2.75) is 39.3 Å². The number of anilines is 1. The summed E-state index contributed by atoms with van der Waals surface area (Å²) >= 11 is 0. The predicted octanol–water partition coefficient (Wildman–Crippen LogP) is 1.31. The number of carbonyl (C=O) groups excluding carboxylic acids is 1. The van der Waals surface area contributed by atoms with E-state index in [-0.39, 0.29) is 11.9 Å². The molecular formula is C15H22N6O2. The highest BCUT2D eigenvalue weighted by Gasteiger charge is 2.28. The fourth-order valence-corrected chi connectivity index (χ4v) is 3.01. The molecule has 2 atom stereocenters. The van der Waals surface area contributed by atoms with E-state index in [2.05, 4.69) is 25.5 Å². The van der Waals surface area contributed by atoms with Gasteiger partial charge in [-0.15, -0.1) is 0 Å². The molecule has 3 heterocycles. The summed E-state index contributed by atoms with van der Waals surface area (Å²) in [6.07, 6.45) is 5.52. The lowest BCUT2D eigenvalue weighted by Crippen LogP contribution is -2.47. The highest BCUT2D eigenvalue weighted by Crippen LogP contribution is 2.20. The van der Waals surface area contributed by atoms with E-state index in [4.69, 9.17) is 4.52 Å². The van der Waals surface area contributed by atoms with Crippen molar-refractivity contribution in [1.29, 1.82) is 0 Å². The minimum Gasteiger partial charge on any atom is -0.360 e. The normalized spacial score (nSPS) is 20.3. The predicted molar refractivity (Wildman–Crippen MR) is 83.7 cm³/mol. The second kappa shape index (κ2) is 6.91. The zero-order chi connectivity index (χ0) is 16.2. The Kier molecular flexibility index (Phi) is 4.71. The summed E-state index contributed by atoms with van der Waals surface area (Å²) in [6, 6.07) is 1.51. The quantitative estimate of drug-likeness (QED) is 0.894. The van der Waals surface area contributed by atoms with Gasteiger partial charge < -0.3 is 9.84 Å². The van der Waals surface area contributed by atoms with Gasteiger partial charge in [-0.1, -0.05) is 5.16 Å². The molecule has 2 unspecified atom stereocenters. The number of nitrogens with one attached hydrogen (secondary N) is 1. The average Bonchev–Trinajstić information content (AvgIpc) is 3.18. The van der Waals surface area contributed by atoms with Crippen molar-refractivity contribution in [1.82, 2.24) is 24.8 Å². The zero-order valence-electron chi connectivity index (χ0n) is 13.5. The largest absolute Gasteiger partial charge is 0.360 e. The lowest BCUT2D eigenvalue weighted by Gasteiger charge is -2.35. The Labute approximate surface area is 134 Å². The van der Waals surface area contributed by atoms with Gasteiger partial charge in [-0.2, -0.15) is 5.10 Å². The van der Waals surface area contributed by atoms with Crippen LogP contribution >= 0.6 is 0 Å². The summed E-state index contributed by atoms with van der Waals surface area (Å²) in [5.74, 6) is 1.57. The third-order valence-corrected chi connectivity index (χ3v) is 4.27. The molecule has 124 valence electrons. The molecule has 8 nitrogen and oxygen atoms in total. The topological polar surface area (TPSA) is 89.1 Å². The number of piperidine rings is 1. The standard InChI is InChI=1S/C15H22N6O2/c1-11-6-14(19-23-11)18-15(22)12(2)20-5-3-4-13(7-20)8-21-10-16-9-17-21/h6,9-10,12-13H,3-5,7-8H2,1-2H3,(H,18,19,22). The van der Waals surface area contributed by atoms with Gasteiger partial charge in [0.05, 0.1) is 6.04 Å². The van der Waals surface area contributed by atoms with Crippen LogP contribution < -0.4 is 5.32 Å². The second-order valence-electron chi connectivity index (χ2n) is 6.11. The Bertz CT molecular complexity index is 638. The summed E-state index contributed by atoms with van der Waals surface area (Å²) in [6.45, 7) is 6.38. The van der Waals surface area contributed by atoms with Crippen molar-refractivity contribution in [2.24, 2.45) is 5.92 Å². The number of hydrogen-bond donors (Lipinski definition) is 1. The third-order valence-electron chi connectivity index (χ3n) is 4.27. The maximum Gasteiger partial charge on any atom is 0.242 e. The van der Waals surface area contributed by atoms with E-state index < -0.39 is 0 Å². The molecule has 8 heteroatoms. The summed E-state index contributed by atoms with van der Waals surface area (Å²) in [5, 5.41) is 10.8. The molecule has 3 rings (SSSR count). The molecule has 1 saturated heterocycles. The van der Waals surface area contributed by atoms with Gasteiger partial charge in [0, 0.05) is 19.2 Å². The van der Waals surface area contributed by atoms with E-state index in [1.54, 1.807) is 25.6 Å². The maximum atomic E-state index is 12.4. The van der Waals surface area contributed by atoms with Crippen molar-refractivity contribution in [3.63, 3.8) is 0 Å². The first-order valence-electron chi connectivity index (χ1n) is 7.92. The monoisotopic (exact) mass is 318 g/mol. The van der Waals surface area contributed by atoms with Crippen LogP contribution in [0.25, 0.3) is 0 Å². The summed E-state index contributed by atoms with van der Waals surface area (Å²) < 4.78 is 6.83. The number of carbonyl (C=O) groups is 1. The van der Waals surface area contributed by atoms with E-state index in [1.807, 2.05) is 11.6 Å².